The topological polar surface area (TPSA) is 130 Å². The summed E-state index contributed by atoms with van der Waals surface area (Å²) in [4.78, 5) is 11.8. The maximum Gasteiger partial charge on any atom is 0.332 e. The van der Waals surface area contributed by atoms with E-state index < -0.39 is 69.4 Å². The highest BCUT2D eigenvalue weighted by Crippen LogP contribution is 2.41. The van der Waals surface area contributed by atoms with Crippen LogP contribution in [-0.4, -0.2) is 66.2 Å². The van der Waals surface area contributed by atoms with Crippen LogP contribution in [0, 0.1) is 5.82 Å². The second kappa shape index (κ2) is 8.29. The van der Waals surface area contributed by atoms with Crippen molar-refractivity contribution in [2.45, 2.75) is 41.8 Å². The smallest absolute Gasteiger partial charge is 0.332 e. The van der Waals surface area contributed by atoms with Crippen molar-refractivity contribution in [2.24, 2.45) is 0 Å². The zero-order valence-corrected chi connectivity index (χ0v) is 16.7. The lowest BCUT2D eigenvalue weighted by molar-refractivity contribution is -0.153. The molecule has 0 bridgehead atoms. The lowest BCUT2D eigenvalue weighted by Crippen LogP contribution is -2.41. The number of aliphatic carboxylic acids is 1. The van der Waals surface area contributed by atoms with E-state index in [0.29, 0.717) is 0 Å². The van der Waals surface area contributed by atoms with Gasteiger partial charge in [0.25, 0.3) is 0 Å². The molecule has 0 aromatic heterocycles. The van der Waals surface area contributed by atoms with Gasteiger partial charge in [0, 0.05) is 11.4 Å². The number of ether oxygens (including phenoxy) is 2. The molecule has 1 aliphatic carbocycles. The van der Waals surface area contributed by atoms with E-state index in [2.05, 4.69) is 0 Å². The Balaban J connectivity index is 1.92. The predicted molar refractivity (Wildman–Crippen MR) is 99.4 cm³/mol. The molecule has 0 amide bonds. The number of carboxylic acids is 1. The summed E-state index contributed by atoms with van der Waals surface area (Å²) < 4.78 is 50.5. The molecule has 1 fully saturated rings. The number of rotatable bonds is 6. The molecular formula is C18H20ClFO8S. The van der Waals surface area contributed by atoms with E-state index in [1.54, 1.807) is 0 Å². The summed E-state index contributed by atoms with van der Waals surface area (Å²) in [6.07, 6.45) is -0.801. The maximum atomic E-state index is 13.5. The summed E-state index contributed by atoms with van der Waals surface area (Å²) in [6.45, 7) is -0.911. The third-order valence-corrected chi connectivity index (χ3v) is 7.44. The van der Waals surface area contributed by atoms with Gasteiger partial charge in [0.15, 0.2) is 15.6 Å². The normalized spacial score (nSPS) is 26.5. The van der Waals surface area contributed by atoms with Gasteiger partial charge in [0.05, 0.1) is 29.8 Å². The number of sulfone groups is 1. The van der Waals surface area contributed by atoms with E-state index in [1.165, 1.54) is 6.07 Å². The van der Waals surface area contributed by atoms with E-state index >= 15 is 0 Å². The molecule has 3 rings (SSSR count). The third kappa shape index (κ3) is 4.47. The lowest BCUT2D eigenvalue weighted by Gasteiger charge is -2.33. The van der Waals surface area contributed by atoms with Gasteiger partial charge in [0.2, 0.25) is 0 Å². The molecule has 1 aromatic carbocycles. The highest BCUT2D eigenvalue weighted by atomic mass is 35.5. The Bertz CT molecular complexity index is 920. The SMILES string of the molecule is O=C(O)C1=CC2(CCC1S(=O)(=O)Cc1cc(F)ccc1Cl)O[C@H](CO)[C@@H](CO)O2. The van der Waals surface area contributed by atoms with Crippen LogP contribution >= 0.6 is 11.6 Å². The minimum Gasteiger partial charge on any atom is -0.478 e. The standard InChI is InChI=1S/C18H20ClFO8S/c19-13-2-1-11(20)5-10(13)9-29(25,26)16-3-4-18(6-12(16)17(23)24)27-14(7-21)15(8-22)28-18/h1-2,5-6,14-16,21-22H,3-4,7-9H2,(H,23,24)/t14-,15-,16?/m1/s1. The highest BCUT2D eigenvalue weighted by molar-refractivity contribution is 7.91. The van der Waals surface area contributed by atoms with Crippen LogP contribution in [0.2, 0.25) is 5.02 Å². The van der Waals surface area contributed by atoms with Gasteiger partial charge in [-0.1, -0.05) is 11.6 Å². The molecule has 8 nitrogen and oxygen atoms in total. The van der Waals surface area contributed by atoms with Crippen LogP contribution in [-0.2, 0) is 29.9 Å². The summed E-state index contributed by atoms with van der Waals surface area (Å²) in [5, 5.41) is 27.0. The average molecular weight is 451 g/mol. The van der Waals surface area contributed by atoms with Crippen LogP contribution in [0.4, 0.5) is 4.39 Å². The second-order valence-electron chi connectivity index (χ2n) is 6.96. The molecule has 2 aliphatic rings. The molecular weight excluding hydrogens is 431 g/mol. The minimum absolute atomic E-state index is 0.00242. The largest absolute Gasteiger partial charge is 0.478 e. The van der Waals surface area contributed by atoms with Crippen molar-refractivity contribution in [3.63, 3.8) is 0 Å². The first-order valence-corrected chi connectivity index (χ1v) is 10.9. The van der Waals surface area contributed by atoms with Gasteiger partial charge in [0.1, 0.15) is 18.0 Å². The first kappa shape index (κ1) is 22.1. The predicted octanol–water partition coefficient (Wildman–Crippen LogP) is 1.03. The van der Waals surface area contributed by atoms with E-state index in [-0.39, 0.29) is 23.4 Å². The molecule has 29 heavy (non-hydrogen) atoms. The second-order valence-corrected chi connectivity index (χ2v) is 9.56. The molecule has 3 atom stereocenters. The number of aliphatic hydroxyl groups is 2. The Morgan fingerprint density at radius 3 is 2.41 bits per heavy atom. The van der Waals surface area contributed by atoms with Crippen molar-refractivity contribution < 1.29 is 42.4 Å². The van der Waals surface area contributed by atoms with Crippen LogP contribution in [0.25, 0.3) is 0 Å². The van der Waals surface area contributed by atoms with Gasteiger partial charge < -0.3 is 24.8 Å². The van der Waals surface area contributed by atoms with Gasteiger partial charge in [-0.05, 0) is 36.3 Å². The van der Waals surface area contributed by atoms with Crippen molar-refractivity contribution in [1.29, 1.82) is 0 Å². The summed E-state index contributed by atoms with van der Waals surface area (Å²) >= 11 is 5.95. The Morgan fingerprint density at radius 1 is 1.24 bits per heavy atom. The fourth-order valence-corrected chi connectivity index (χ4v) is 5.79. The number of halogens is 2. The van der Waals surface area contributed by atoms with E-state index in [9.17, 15) is 32.9 Å². The van der Waals surface area contributed by atoms with Crippen LogP contribution in [0.15, 0.2) is 29.8 Å². The zero-order chi connectivity index (χ0) is 21.4. The zero-order valence-electron chi connectivity index (χ0n) is 15.1. The van der Waals surface area contributed by atoms with Crippen LogP contribution < -0.4 is 0 Å². The van der Waals surface area contributed by atoms with E-state index in [0.717, 1.165) is 18.2 Å². The fraction of sp³-hybridized carbons (Fsp3) is 0.500. The molecule has 3 N–H and O–H groups in total. The van der Waals surface area contributed by atoms with Crippen molar-refractivity contribution in [1.82, 2.24) is 0 Å². The maximum absolute atomic E-state index is 13.5. The fourth-order valence-electron chi connectivity index (χ4n) is 3.62. The molecule has 1 aliphatic heterocycles. The number of benzene rings is 1. The average Bonchev–Trinajstić information content (AvgIpc) is 3.01. The molecule has 0 radical (unpaired) electrons. The first-order valence-electron chi connectivity index (χ1n) is 8.79. The third-order valence-electron chi connectivity index (χ3n) is 5.00. The minimum atomic E-state index is -4.06. The molecule has 1 aromatic rings. The number of hydrogen-bond acceptors (Lipinski definition) is 7. The molecule has 160 valence electrons. The molecule has 1 unspecified atom stereocenters. The Kier molecular flexibility index (Phi) is 6.32. The number of hydrogen-bond donors (Lipinski definition) is 3. The van der Waals surface area contributed by atoms with Crippen molar-refractivity contribution in [3.8, 4) is 0 Å². The lowest BCUT2D eigenvalue weighted by atomic mass is 9.94. The van der Waals surface area contributed by atoms with Gasteiger partial charge in [-0.25, -0.2) is 17.6 Å². The number of carboxylic acid groups (broad SMARTS) is 1. The molecule has 1 saturated heterocycles. The van der Waals surface area contributed by atoms with Gasteiger partial charge in [-0.2, -0.15) is 0 Å². The van der Waals surface area contributed by atoms with E-state index in [4.69, 9.17) is 21.1 Å². The molecule has 1 spiro atoms. The van der Waals surface area contributed by atoms with Gasteiger partial charge >= 0.3 is 5.97 Å². The molecule has 1 heterocycles. The Labute approximate surface area is 171 Å². The van der Waals surface area contributed by atoms with Crippen molar-refractivity contribution in [2.75, 3.05) is 13.2 Å². The van der Waals surface area contributed by atoms with Crippen LogP contribution in [0.3, 0.4) is 0 Å². The summed E-state index contributed by atoms with van der Waals surface area (Å²) in [5.41, 5.74) is -0.412. The van der Waals surface area contributed by atoms with Crippen LogP contribution in [0.5, 0.6) is 0 Å². The number of aliphatic hydroxyl groups excluding tert-OH is 2. The monoisotopic (exact) mass is 450 g/mol. The van der Waals surface area contributed by atoms with Crippen molar-refractivity contribution in [3.05, 3.63) is 46.3 Å². The number of carbonyl (C=O) groups is 1. The van der Waals surface area contributed by atoms with Crippen molar-refractivity contribution >= 4 is 27.4 Å². The summed E-state index contributed by atoms with van der Waals surface area (Å²) in [7, 11) is -4.06. The Morgan fingerprint density at radius 2 is 1.86 bits per heavy atom. The summed E-state index contributed by atoms with van der Waals surface area (Å²) in [6, 6.07) is 3.32. The Hall–Kier alpha value is -1.56. The van der Waals surface area contributed by atoms with Gasteiger partial charge in [-0.3, -0.25) is 0 Å². The summed E-state index contributed by atoms with van der Waals surface area (Å²) in [5.74, 6) is -4.30. The van der Waals surface area contributed by atoms with Crippen LogP contribution in [0.1, 0.15) is 18.4 Å². The van der Waals surface area contributed by atoms with Gasteiger partial charge in [-0.15, -0.1) is 0 Å². The van der Waals surface area contributed by atoms with E-state index in [1.807, 2.05) is 0 Å². The highest BCUT2D eigenvalue weighted by Gasteiger charge is 2.51. The first-order chi connectivity index (χ1) is 13.6. The quantitative estimate of drug-likeness (QED) is 0.586. The molecule has 11 heteroatoms. The molecule has 0 saturated carbocycles.